The molecule has 6 rings (SSSR count). The maximum absolute atomic E-state index is 13.5. The molecule has 216 valence electrons. The van der Waals surface area contributed by atoms with Crippen LogP contribution in [0.15, 0.2) is 85.5 Å². The highest BCUT2D eigenvalue weighted by Gasteiger charge is 2.23. The van der Waals surface area contributed by atoms with Gasteiger partial charge in [-0.1, -0.05) is 29.8 Å². The molecule has 1 unspecified atom stereocenters. The minimum absolute atomic E-state index is 0.197. The summed E-state index contributed by atoms with van der Waals surface area (Å²) >= 11 is 6.50. The van der Waals surface area contributed by atoms with Crippen LogP contribution in [0.5, 0.6) is 5.75 Å². The molecule has 2 N–H and O–H groups in total. The Kier molecular flexibility index (Phi) is 8.32. The number of halogens is 3. The van der Waals surface area contributed by atoms with E-state index in [1.165, 1.54) is 18.5 Å². The van der Waals surface area contributed by atoms with Crippen LogP contribution in [0, 0.1) is 5.82 Å². The number of β-amino-alcohol motifs (C(OH)–C–C–N with tert-alkyl or cyclic N) is 1. The summed E-state index contributed by atoms with van der Waals surface area (Å²) in [5.41, 5.74) is 4.19. The average molecular weight is 590 g/mol. The van der Waals surface area contributed by atoms with Gasteiger partial charge < -0.3 is 19.7 Å². The fourth-order valence-corrected chi connectivity index (χ4v) is 5.47. The van der Waals surface area contributed by atoms with E-state index < -0.39 is 12.3 Å². The number of fused-ring (bicyclic) bond motifs is 1. The highest BCUT2D eigenvalue weighted by Crippen LogP contribution is 2.32. The number of hydrogen-bond acceptors (Lipinski definition) is 6. The number of likely N-dealkylation sites (tertiary alicyclic amines) is 1. The van der Waals surface area contributed by atoms with Crippen molar-refractivity contribution in [1.82, 2.24) is 19.4 Å². The topological polar surface area (TPSA) is 75.4 Å². The normalized spacial score (nSPS) is 16.1. The SMILES string of the molecule is OC(CN1CC[C@@H](F)C1)Cn1ccc(-c2ccc3ncnc(Nc4ccc(OCc5cccc(F)c5)c(Cl)c4)c3c2)c1. The number of nitrogens with one attached hydrogen (secondary N) is 1. The number of aromatic nitrogens is 3. The molecule has 2 aromatic heterocycles. The van der Waals surface area contributed by atoms with Crippen molar-refractivity contribution in [3.63, 3.8) is 0 Å². The molecule has 0 saturated carbocycles. The largest absolute Gasteiger partial charge is 0.487 e. The number of aliphatic hydroxyl groups is 1. The van der Waals surface area contributed by atoms with Crippen molar-refractivity contribution in [2.45, 2.75) is 31.8 Å². The Labute approximate surface area is 247 Å². The molecule has 0 amide bonds. The second-order valence-corrected chi connectivity index (χ2v) is 10.9. The van der Waals surface area contributed by atoms with Gasteiger partial charge in [0.2, 0.25) is 0 Å². The van der Waals surface area contributed by atoms with Crippen molar-refractivity contribution >= 4 is 34.0 Å². The molecule has 0 aliphatic carbocycles. The Hall–Kier alpha value is -4.05. The van der Waals surface area contributed by atoms with Gasteiger partial charge in [0.25, 0.3) is 0 Å². The molecular formula is C32H30ClF2N5O2. The zero-order valence-corrected chi connectivity index (χ0v) is 23.5. The summed E-state index contributed by atoms with van der Waals surface area (Å²) in [6, 6.07) is 19.6. The third kappa shape index (κ3) is 6.70. The number of aliphatic hydroxyl groups excluding tert-OH is 1. The zero-order valence-electron chi connectivity index (χ0n) is 22.8. The van der Waals surface area contributed by atoms with E-state index in [0.717, 1.165) is 27.7 Å². The summed E-state index contributed by atoms with van der Waals surface area (Å²) in [7, 11) is 0. The van der Waals surface area contributed by atoms with E-state index in [0.29, 0.717) is 54.8 Å². The van der Waals surface area contributed by atoms with Crippen LogP contribution < -0.4 is 10.1 Å². The maximum atomic E-state index is 13.5. The van der Waals surface area contributed by atoms with E-state index in [9.17, 15) is 13.9 Å². The van der Waals surface area contributed by atoms with Crippen LogP contribution in [-0.2, 0) is 13.2 Å². The fourth-order valence-electron chi connectivity index (χ4n) is 5.23. The number of ether oxygens (including phenoxy) is 1. The minimum atomic E-state index is -0.796. The molecule has 0 spiro atoms. The fraction of sp³-hybridized carbons (Fsp3) is 0.250. The first-order chi connectivity index (χ1) is 20.4. The van der Waals surface area contributed by atoms with Crippen LogP contribution >= 0.6 is 11.6 Å². The van der Waals surface area contributed by atoms with Crippen molar-refractivity contribution in [3.8, 4) is 16.9 Å². The van der Waals surface area contributed by atoms with E-state index >= 15 is 0 Å². The summed E-state index contributed by atoms with van der Waals surface area (Å²) in [5, 5.41) is 15.1. The lowest BCUT2D eigenvalue weighted by molar-refractivity contribution is 0.106. The van der Waals surface area contributed by atoms with Crippen LogP contribution in [-0.4, -0.2) is 56.5 Å². The highest BCUT2D eigenvalue weighted by atomic mass is 35.5. The minimum Gasteiger partial charge on any atom is -0.487 e. The number of rotatable bonds is 10. The summed E-state index contributed by atoms with van der Waals surface area (Å²) in [5.74, 6) is 0.797. The van der Waals surface area contributed by atoms with Gasteiger partial charge in [0.15, 0.2) is 0 Å². The molecule has 1 aliphatic heterocycles. The molecule has 10 heteroatoms. The van der Waals surface area contributed by atoms with Crippen molar-refractivity contribution in [2.75, 3.05) is 25.0 Å². The number of alkyl halides is 1. The number of benzene rings is 3. The summed E-state index contributed by atoms with van der Waals surface area (Å²) < 4.78 is 34.7. The lowest BCUT2D eigenvalue weighted by Gasteiger charge is -2.19. The van der Waals surface area contributed by atoms with Crippen molar-refractivity contribution in [1.29, 1.82) is 0 Å². The van der Waals surface area contributed by atoms with Crippen LogP contribution in [0.1, 0.15) is 12.0 Å². The van der Waals surface area contributed by atoms with Crippen LogP contribution in [0.25, 0.3) is 22.0 Å². The van der Waals surface area contributed by atoms with E-state index in [-0.39, 0.29) is 12.4 Å². The molecule has 1 saturated heterocycles. The van der Waals surface area contributed by atoms with Gasteiger partial charge in [-0.25, -0.2) is 18.7 Å². The van der Waals surface area contributed by atoms with Gasteiger partial charge in [-0.15, -0.1) is 0 Å². The average Bonchev–Trinajstić information content (AvgIpc) is 3.61. The van der Waals surface area contributed by atoms with Crippen molar-refractivity contribution < 1.29 is 18.6 Å². The number of hydrogen-bond donors (Lipinski definition) is 2. The predicted molar refractivity (Wildman–Crippen MR) is 160 cm³/mol. The number of anilines is 2. The summed E-state index contributed by atoms with van der Waals surface area (Å²) in [4.78, 5) is 10.9. The van der Waals surface area contributed by atoms with Gasteiger partial charge in [-0.3, -0.25) is 4.90 Å². The maximum Gasteiger partial charge on any atom is 0.141 e. The Morgan fingerprint density at radius 1 is 1.05 bits per heavy atom. The van der Waals surface area contributed by atoms with Crippen molar-refractivity contribution in [3.05, 3.63) is 102 Å². The quantitative estimate of drug-likeness (QED) is 0.191. The van der Waals surface area contributed by atoms with Gasteiger partial charge in [0.05, 0.1) is 16.6 Å². The van der Waals surface area contributed by atoms with Crippen LogP contribution in [0.3, 0.4) is 0 Å². The summed E-state index contributed by atoms with van der Waals surface area (Å²) in [6.45, 7) is 2.16. The molecule has 1 fully saturated rings. The molecule has 0 bridgehead atoms. The molecule has 2 atom stereocenters. The van der Waals surface area contributed by atoms with Crippen LogP contribution in [0.2, 0.25) is 5.02 Å². The first-order valence-electron chi connectivity index (χ1n) is 13.8. The van der Waals surface area contributed by atoms with Gasteiger partial charge in [0.1, 0.15) is 36.5 Å². The van der Waals surface area contributed by atoms with Crippen molar-refractivity contribution in [2.24, 2.45) is 0 Å². The second-order valence-electron chi connectivity index (χ2n) is 10.5. The lowest BCUT2D eigenvalue weighted by Crippen LogP contribution is -2.33. The molecule has 3 aromatic carbocycles. The first-order valence-corrected chi connectivity index (χ1v) is 14.2. The lowest BCUT2D eigenvalue weighted by atomic mass is 10.1. The van der Waals surface area contributed by atoms with E-state index in [1.807, 2.05) is 52.2 Å². The smallest absolute Gasteiger partial charge is 0.141 e. The summed E-state index contributed by atoms with van der Waals surface area (Å²) in [6.07, 6.45) is 4.59. The van der Waals surface area contributed by atoms with Gasteiger partial charge >= 0.3 is 0 Å². The molecule has 5 aromatic rings. The molecule has 42 heavy (non-hydrogen) atoms. The highest BCUT2D eigenvalue weighted by molar-refractivity contribution is 6.32. The third-order valence-electron chi connectivity index (χ3n) is 7.30. The Bertz CT molecular complexity index is 1700. The molecule has 3 heterocycles. The third-order valence-corrected chi connectivity index (χ3v) is 7.60. The second kappa shape index (κ2) is 12.4. The molecule has 1 aliphatic rings. The van der Waals surface area contributed by atoms with E-state index in [1.54, 1.807) is 24.3 Å². The monoisotopic (exact) mass is 589 g/mol. The van der Waals surface area contributed by atoms with E-state index in [4.69, 9.17) is 16.3 Å². The molecule has 0 radical (unpaired) electrons. The van der Waals surface area contributed by atoms with Gasteiger partial charge in [-0.05, 0) is 71.6 Å². The molecular weight excluding hydrogens is 560 g/mol. The van der Waals surface area contributed by atoms with Gasteiger partial charge in [0, 0.05) is 49.6 Å². The Morgan fingerprint density at radius 2 is 1.95 bits per heavy atom. The molecule has 7 nitrogen and oxygen atoms in total. The Balaban J connectivity index is 1.15. The Morgan fingerprint density at radius 3 is 2.76 bits per heavy atom. The standard InChI is InChI=1S/C32H30ClF2N5O2/c33-29-14-26(5-7-31(29)42-19-21-2-1-3-24(34)12-21)38-32-28-13-22(4-6-30(28)36-20-37-32)23-8-10-39(15-23)17-27(41)18-40-11-9-25(35)16-40/h1-8,10,12-15,20,25,27,41H,9,11,16-19H2,(H,36,37,38)/t25-,27?/m1/s1. The zero-order chi connectivity index (χ0) is 29.1. The first kappa shape index (κ1) is 28.1. The predicted octanol–water partition coefficient (Wildman–Crippen LogP) is 6.62. The van der Waals surface area contributed by atoms with Crippen LogP contribution in [0.4, 0.5) is 20.3 Å². The number of nitrogens with zero attached hydrogens (tertiary/aromatic N) is 4. The van der Waals surface area contributed by atoms with E-state index in [2.05, 4.69) is 15.3 Å². The van der Waals surface area contributed by atoms with Gasteiger partial charge in [-0.2, -0.15) is 0 Å².